The number of nitrogens with one attached hydrogen (secondary N) is 3. The van der Waals surface area contributed by atoms with Crippen molar-refractivity contribution in [2.24, 2.45) is 5.92 Å². The van der Waals surface area contributed by atoms with E-state index in [2.05, 4.69) is 44.7 Å². The maximum Gasteiger partial charge on any atom is 0.279 e. The minimum Gasteiger partial charge on any atom is -0.356 e. The average molecular weight is 435 g/mol. The summed E-state index contributed by atoms with van der Waals surface area (Å²) in [6.07, 6.45) is 7.45. The number of anilines is 1. The van der Waals surface area contributed by atoms with Gasteiger partial charge in [0.2, 0.25) is 0 Å². The number of hydrogen-bond acceptors (Lipinski definition) is 6. The number of rotatable bonds is 8. The first-order chi connectivity index (χ1) is 14.3. The van der Waals surface area contributed by atoms with Crippen molar-refractivity contribution >= 4 is 29.6 Å². The molecule has 0 radical (unpaired) electrons. The van der Waals surface area contributed by atoms with Gasteiger partial charge in [-0.05, 0) is 63.1 Å². The quantitative estimate of drug-likeness (QED) is 0.417. The number of aromatic amines is 1. The van der Waals surface area contributed by atoms with Gasteiger partial charge in [0.05, 0.1) is 17.6 Å². The minimum absolute atomic E-state index is 0.0340. The van der Waals surface area contributed by atoms with Crippen LogP contribution in [0, 0.1) is 11.3 Å². The van der Waals surface area contributed by atoms with Crippen molar-refractivity contribution in [1.29, 1.82) is 5.41 Å². The molecule has 0 bridgehead atoms. The van der Waals surface area contributed by atoms with Crippen LogP contribution in [0.5, 0.6) is 0 Å². The lowest BCUT2D eigenvalue weighted by atomic mass is 9.82. The molecule has 1 atom stereocenters. The maximum absolute atomic E-state index is 12.4. The van der Waals surface area contributed by atoms with Crippen LogP contribution < -0.4 is 9.62 Å². The lowest BCUT2D eigenvalue weighted by molar-refractivity contribution is 0.226. The molecular formula is C21H28F2N6S. The number of hydrogen-bond donors (Lipinski definition) is 3. The topological polar surface area (TPSA) is 80.7 Å². The third-order valence-electron chi connectivity index (χ3n) is 5.44. The first-order valence-corrected chi connectivity index (χ1v) is 11.1. The van der Waals surface area contributed by atoms with E-state index in [1.165, 1.54) is 12.5 Å². The highest BCUT2D eigenvalue weighted by Crippen LogP contribution is 2.31. The molecule has 6 nitrogen and oxygen atoms in total. The Bertz CT molecular complexity index is 895. The molecule has 1 aliphatic rings. The van der Waals surface area contributed by atoms with Gasteiger partial charge >= 0.3 is 0 Å². The van der Waals surface area contributed by atoms with Crippen LogP contribution in [0.2, 0.25) is 0 Å². The molecule has 0 aliphatic carbocycles. The fourth-order valence-corrected chi connectivity index (χ4v) is 4.38. The molecule has 1 fully saturated rings. The Morgan fingerprint density at radius 1 is 1.43 bits per heavy atom. The number of alkyl halides is 2. The van der Waals surface area contributed by atoms with Crippen molar-refractivity contribution in [1.82, 2.24) is 19.7 Å². The predicted molar refractivity (Wildman–Crippen MR) is 120 cm³/mol. The van der Waals surface area contributed by atoms with E-state index in [0.29, 0.717) is 11.7 Å². The van der Waals surface area contributed by atoms with Gasteiger partial charge in [0, 0.05) is 30.4 Å². The molecule has 0 saturated carbocycles. The Morgan fingerprint density at radius 2 is 2.23 bits per heavy atom. The molecule has 0 amide bonds. The molecule has 3 heterocycles. The van der Waals surface area contributed by atoms with Gasteiger partial charge in [-0.25, -0.2) is 18.7 Å². The summed E-state index contributed by atoms with van der Waals surface area (Å²) in [6, 6.07) is 3.92. The van der Waals surface area contributed by atoms with Crippen molar-refractivity contribution in [2.45, 2.75) is 38.7 Å². The van der Waals surface area contributed by atoms with Gasteiger partial charge in [-0.1, -0.05) is 11.9 Å². The smallest absolute Gasteiger partial charge is 0.279 e. The van der Waals surface area contributed by atoms with E-state index in [9.17, 15) is 8.78 Å². The fraction of sp³-hybridized carbons (Fsp3) is 0.476. The highest BCUT2D eigenvalue weighted by atomic mass is 32.2. The molecule has 2 aromatic rings. The second kappa shape index (κ2) is 9.70. The summed E-state index contributed by atoms with van der Waals surface area (Å²) < 4.78 is 28.4. The SMILES string of the molecule is CSNC(C)(C)C1CCCN(c2cc(-c3cnc(/C=C\C(=N)C(F)F)[nH]3)ccn2)C1. The van der Waals surface area contributed by atoms with Crippen LogP contribution in [0.15, 0.2) is 30.6 Å². The van der Waals surface area contributed by atoms with E-state index < -0.39 is 12.1 Å². The van der Waals surface area contributed by atoms with E-state index in [0.717, 1.165) is 42.7 Å². The maximum atomic E-state index is 12.4. The van der Waals surface area contributed by atoms with Gasteiger partial charge in [0.1, 0.15) is 11.6 Å². The summed E-state index contributed by atoms with van der Waals surface area (Å²) in [5.74, 6) is 1.86. The zero-order valence-electron chi connectivity index (χ0n) is 17.5. The van der Waals surface area contributed by atoms with Crippen molar-refractivity contribution in [2.75, 3.05) is 24.2 Å². The van der Waals surface area contributed by atoms with Crippen LogP contribution in [0.3, 0.4) is 0 Å². The monoisotopic (exact) mass is 434 g/mol. The highest BCUT2D eigenvalue weighted by Gasteiger charge is 2.33. The number of halogens is 2. The lowest BCUT2D eigenvalue weighted by Crippen LogP contribution is -2.50. The summed E-state index contributed by atoms with van der Waals surface area (Å²) in [7, 11) is 0. The van der Waals surface area contributed by atoms with Crippen molar-refractivity contribution in [3.8, 4) is 11.3 Å². The van der Waals surface area contributed by atoms with Crippen LogP contribution in [0.1, 0.15) is 32.5 Å². The Labute approximate surface area is 180 Å². The number of nitrogens with zero attached hydrogens (tertiary/aromatic N) is 3. The van der Waals surface area contributed by atoms with Crippen molar-refractivity contribution in [3.05, 3.63) is 36.4 Å². The average Bonchev–Trinajstić information content (AvgIpc) is 3.21. The molecule has 2 aromatic heterocycles. The Hall–Kier alpha value is -2.26. The number of pyridine rings is 1. The number of aromatic nitrogens is 3. The molecule has 9 heteroatoms. The number of H-pyrrole nitrogens is 1. The van der Waals surface area contributed by atoms with Gasteiger partial charge in [-0.2, -0.15) is 0 Å². The van der Waals surface area contributed by atoms with Crippen LogP contribution in [-0.2, 0) is 0 Å². The summed E-state index contributed by atoms with van der Waals surface area (Å²) in [5, 5.41) is 7.19. The summed E-state index contributed by atoms with van der Waals surface area (Å²) in [6.45, 7) is 6.39. The van der Waals surface area contributed by atoms with Crippen LogP contribution in [0.4, 0.5) is 14.6 Å². The van der Waals surface area contributed by atoms with Gasteiger partial charge in [0.15, 0.2) is 0 Å². The van der Waals surface area contributed by atoms with E-state index in [1.807, 2.05) is 12.1 Å². The molecule has 1 saturated heterocycles. The van der Waals surface area contributed by atoms with Gasteiger partial charge in [0.25, 0.3) is 6.43 Å². The van der Waals surface area contributed by atoms with Crippen LogP contribution >= 0.6 is 11.9 Å². The van der Waals surface area contributed by atoms with E-state index in [4.69, 9.17) is 5.41 Å². The standard InChI is InChI=1S/C21H28F2N6S/c1-21(2,28-30-3)15-5-4-10-29(13-15)19-11-14(8-9-25-19)17-12-26-18(27-17)7-6-16(24)20(22)23/h6-9,11-12,15,20,24,28H,4-5,10,13H2,1-3H3,(H,26,27)/b7-6-,24-16?. The molecule has 0 aromatic carbocycles. The van der Waals surface area contributed by atoms with Gasteiger partial charge < -0.3 is 9.88 Å². The summed E-state index contributed by atoms with van der Waals surface area (Å²) in [5.41, 5.74) is 1.00. The lowest BCUT2D eigenvalue weighted by Gasteiger charge is -2.42. The number of imidazole rings is 1. The number of piperidine rings is 1. The molecule has 3 rings (SSSR count). The van der Waals surface area contributed by atoms with Crippen molar-refractivity contribution in [3.63, 3.8) is 0 Å². The zero-order chi connectivity index (χ0) is 21.7. The van der Waals surface area contributed by atoms with E-state index in [1.54, 1.807) is 24.3 Å². The van der Waals surface area contributed by atoms with E-state index in [-0.39, 0.29) is 5.54 Å². The molecular weight excluding hydrogens is 406 g/mol. The second-order valence-corrected chi connectivity index (χ2v) is 8.60. The first-order valence-electron chi connectivity index (χ1n) is 9.91. The normalized spacial score (nSPS) is 17.8. The molecule has 1 unspecified atom stereocenters. The first kappa shape index (κ1) is 22.4. The Morgan fingerprint density at radius 3 is 2.97 bits per heavy atom. The van der Waals surface area contributed by atoms with Gasteiger partial charge in [-0.15, -0.1) is 0 Å². The largest absolute Gasteiger partial charge is 0.356 e. The number of allylic oxidation sites excluding steroid dienone is 1. The molecule has 0 spiro atoms. The molecule has 30 heavy (non-hydrogen) atoms. The Balaban J connectivity index is 1.74. The second-order valence-electron chi connectivity index (χ2n) is 7.99. The summed E-state index contributed by atoms with van der Waals surface area (Å²) >= 11 is 1.65. The fourth-order valence-electron chi connectivity index (χ4n) is 3.69. The van der Waals surface area contributed by atoms with Crippen molar-refractivity contribution < 1.29 is 8.78 Å². The molecule has 3 N–H and O–H groups in total. The molecule has 162 valence electrons. The van der Waals surface area contributed by atoms with Gasteiger partial charge in [-0.3, -0.25) is 10.1 Å². The van der Waals surface area contributed by atoms with Crippen LogP contribution in [-0.4, -0.2) is 52.0 Å². The highest BCUT2D eigenvalue weighted by molar-refractivity contribution is 7.96. The van der Waals surface area contributed by atoms with E-state index >= 15 is 0 Å². The summed E-state index contributed by atoms with van der Waals surface area (Å²) in [4.78, 5) is 14.2. The Kier molecular flexibility index (Phi) is 7.25. The molecule has 1 aliphatic heterocycles. The third kappa shape index (κ3) is 5.46. The third-order valence-corrected chi connectivity index (χ3v) is 6.17. The van der Waals surface area contributed by atoms with Crippen LogP contribution in [0.25, 0.3) is 17.3 Å². The minimum atomic E-state index is -2.79. The predicted octanol–water partition coefficient (Wildman–Crippen LogP) is 4.63. The zero-order valence-corrected chi connectivity index (χ0v) is 18.3.